The van der Waals surface area contributed by atoms with Crippen LogP contribution in [-0.2, 0) is 14.8 Å². The number of nitrogens with one attached hydrogen (secondary N) is 2. The fourth-order valence-electron chi connectivity index (χ4n) is 2.79. The third-order valence-electron chi connectivity index (χ3n) is 4.40. The zero-order chi connectivity index (χ0) is 22.3. The van der Waals surface area contributed by atoms with Crippen LogP contribution in [0.3, 0.4) is 0 Å². The van der Waals surface area contributed by atoms with E-state index in [0.29, 0.717) is 41.0 Å². The van der Waals surface area contributed by atoms with Crippen LogP contribution < -0.4 is 20.1 Å². The van der Waals surface area contributed by atoms with E-state index in [9.17, 15) is 13.2 Å². The molecule has 2 rings (SSSR count). The summed E-state index contributed by atoms with van der Waals surface area (Å²) in [4.78, 5) is 12.5. The molecule has 2 aromatic rings. The van der Waals surface area contributed by atoms with Crippen LogP contribution in [0, 0.1) is 0 Å². The van der Waals surface area contributed by atoms with Crippen molar-refractivity contribution in [3.8, 4) is 11.5 Å². The Kier molecular flexibility index (Phi) is 8.33. The van der Waals surface area contributed by atoms with Crippen molar-refractivity contribution in [2.75, 3.05) is 44.5 Å². The highest BCUT2D eigenvalue weighted by Crippen LogP contribution is 2.35. The molecule has 0 bridgehead atoms. The summed E-state index contributed by atoms with van der Waals surface area (Å²) in [5.41, 5.74) is 1.03. The molecule has 0 aliphatic heterocycles. The largest absolute Gasteiger partial charge is 0.495 e. The first-order chi connectivity index (χ1) is 14.3. The molecule has 30 heavy (non-hydrogen) atoms. The molecule has 0 aliphatic rings. The van der Waals surface area contributed by atoms with Gasteiger partial charge in [-0.15, -0.1) is 0 Å². The van der Waals surface area contributed by atoms with Crippen LogP contribution in [0.4, 0.5) is 11.4 Å². The highest BCUT2D eigenvalue weighted by atomic mass is 35.5. The van der Waals surface area contributed by atoms with Crippen molar-refractivity contribution < 1.29 is 22.7 Å². The van der Waals surface area contributed by atoms with Gasteiger partial charge in [-0.05, 0) is 30.3 Å². The number of amides is 1. The third-order valence-corrected chi connectivity index (χ3v) is 6.76. The van der Waals surface area contributed by atoms with E-state index in [1.54, 1.807) is 38.1 Å². The van der Waals surface area contributed by atoms with Gasteiger partial charge < -0.3 is 20.1 Å². The van der Waals surface area contributed by atoms with Gasteiger partial charge in [-0.2, -0.15) is 4.31 Å². The van der Waals surface area contributed by atoms with E-state index in [2.05, 4.69) is 10.6 Å². The fraction of sp³-hybridized carbons (Fsp3) is 0.350. The zero-order valence-corrected chi connectivity index (χ0v) is 18.9. The summed E-state index contributed by atoms with van der Waals surface area (Å²) in [6.07, 6.45) is 0. The van der Waals surface area contributed by atoms with Crippen molar-refractivity contribution in [3.05, 3.63) is 41.4 Å². The molecular weight excluding hydrogens is 430 g/mol. The van der Waals surface area contributed by atoms with Crippen molar-refractivity contribution in [2.24, 2.45) is 0 Å². The predicted octanol–water partition coefficient (Wildman–Crippen LogP) is 3.44. The molecule has 0 unspecified atom stereocenters. The minimum Gasteiger partial charge on any atom is -0.495 e. The smallest absolute Gasteiger partial charge is 0.243 e. The quantitative estimate of drug-likeness (QED) is 0.569. The van der Waals surface area contributed by atoms with Crippen LogP contribution >= 0.6 is 11.6 Å². The van der Waals surface area contributed by atoms with Crippen LogP contribution in [0.25, 0.3) is 0 Å². The van der Waals surface area contributed by atoms with Crippen LogP contribution in [0.1, 0.15) is 13.8 Å². The second kappa shape index (κ2) is 10.5. The molecule has 0 saturated carbocycles. The van der Waals surface area contributed by atoms with Gasteiger partial charge in [-0.3, -0.25) is 4.79 Å². The molecule has 0 spiro atoms. The molecule has 0 aromatic heterocycles. The molecule has 0 aliphatic carbocycles. The van der Waals surface area contributed by atoms with Gasteiger partial charge in [-0.1, -0.05) is 25.4 Å². The SMILES string of the molecule is CCN(CC)S(=O)(=O)c1ccc(NCC(=O)Nc2cc(Cl)c(OC)cc2OC)cc1. The Morgan fingerprint density at radius 2 is 1.63 bits per heavy atom. The van der Waals surface area contributed by atoms with E-state index in [4.69, 9.17) is 21.1 Å². The number of rotatable bonds is 10. The minimum atomic E-state index is -3.52. The molecule has 164 valence electrons. The lowest BCUT2D eigenvalue weighted by Crippen LogP contribution is -2.30. The van der Waals surface area contributed by atoms with Gasteiger partial charge in [0.15, 0.2) is 0 Å². The maximum absolute atomic E-state index is 12.5. The molecule has 1 amide bonds. The Morgan fingerprint density at radius 3 is 2.17 bits per heavy atom. The Labute approximate surface area is 182 Å². The first-order valence-corrected chi connectivity index (χ1v) is 11.1. The molecule has 8 nitrogen and oxygen atoms in total. The number of nitrogens with zero attached hydrogens (tertiary/aromatic N) is 1. The maximum atomic E-state index is 12.5. The first kappa shape index (κ1) is 23.8. The van der Waals surface area contributed by atoms with Gasteiger partial charge in [0.05, 0.1) is 36.4 Å². The number of ether oxygens (including phenoxy) is 2. The number of hydrogen-bond donors (Lipinski definition) is 2. The van der Waals surface area contributed by atoms with E-state index < -0.39 is 10.0 Å². The number of halogens is 1. The number of methoxy groups -OCH3 is 2. The summed E-state index contributed by atoms with van der Waals surface area (Å²) >= 11 is 6.11. The van der Waals surface area contributed by atoms with Crippen LogP contribution in [0.5, 0.6) is 11.5 Å². The Hall–Kier alpha value is -2.49. The van der Waals surface area contributed by atoms with Crippen molar-refractivity contribution in [3.63, 3.8) is 0 Å². The van der Waals surface area contributed by atoms with Gasteiger partial charge in [0.1, 0.15) is 11.5 Å². The van der Waals surface area contributed by atoms with Gasteiger partial charge in [0.25, 0.3) is 0 Å². The van der Waals surface area contributed by atoms with Crippen LogP contribution in [0.15, 0.2) is 41.3 Å². The average Bonchev–Trinajstić information content (AvgIpc) is 2.73. The molecular formula is C20H26ClN3O5S. The van der Waals surface area contributed by atoms with E-state index >= 15 is 0 Å². The zero-order valence-electron chi connectivity index (χ0n) is 17.4. The molecule has 2 aromatic carbocycles. The molecule has 0 radical (unpaired) electrons. The van der Waals surface area contributed by atoms with E-state index in [1.165, 1.54) is 30.7 Å². The molecule has 0 fully saturated rings. The van der Waals surface area contributed by atoms with Crippen LogP contribution in [-0.4, -0.2) is 52.5 Å². The second-order valence-corrected chi connectivity index (χ2v) is 8.55. The van der Waals surface area contributed by atoms with E-state index in [1.807, 2.05) is 0 Å². The monoisotopic (exact) mass is 455 g/mol. The van der Waals surface area contributed by atoms with E-state index in [-0.39, 0.29) is 17.3 Å². The van der Waals surface area contributed by atoms with E-state index in [0.717, 1.165) is 0 Å². The summed E-state index contributed by atoms with van der Waals surface area (Å²) in [6.45, 7) is 4.35. The predicted molar refractivity (Wildman–Crippen MR) is 118 cm³/mol. The fourth-order valence-corrected chi connectivity index (χ4v) is 4.49. The molecule has 0 saturated heterocycles. The highest BCUT2D eigenvalue weighted by Gasteiger charge is 2.21. The Morgan fingerprint density at radius 1 is 1.03 bits per heavy atom. The minimum absolute atomic E-state index is 0.0328. The molecule has 10 heteroatoms. The number of carbonyl (C=O) groups excluding carboxylic acids is 1. The number of anilines is 2. The Bertz CT molecular complexity index is 977. The second-order valence-electron chi connectivity index (χ2n) is 6.20. The van der Waals surface area contributed by atoms with Crippen LogP contribution in [0.2, 0.25) is 5.02 Å². The molecule has 0 heterocycles. The lowest BCUT2D eigenvalue weighted by molar-refractivity contribution is -0.114. The number of hydrogen-bond acceptors (Lipinski definition) is 6. The maximum Gasteiger partial charge on any atom is 0.243 e. The van der Waals surface area contributed by atoms with Gasteiger partial charge in [0, 0.05) is 24.8 Å². The number of carbonyl (C=O) groups is 1. The highest BCUT2D eigenvalue weighted by molar-refractivity contribution is 7.89. The average molecular weight is 456 g/mol. The summed E-state index contributed by atoms with van der Waals surface area (Å²) in [5, 5.41) is 6.02. The number of sulfonamides is 1. The topological polar surface area (TPSA) is 97.0 Å². The summed E-state index contributed by atoms with van der Waals surface area (Å²) in [6, 6.07) is 9.40. The lowest BCUT2D eigenvalue weighted by atomic mass is 10.2. The molecule has 2 N–H and O–H groups in total. The number of benzene rings is 2. The molecule has 0 atom stereocenters. The summed E-state index contributed by atoms with van der Waals surface area (Å²) < 4.78 is 36.8. The van der Waals surface area contributed by atoms with Gasteiger partial charge in [0.2, 0.25) is 15.9 Å². The van der Waals surface area contributed by atoms with Crippen molar-refractivity contribution in [1.82, 2.24) is 4.31 Å². The summed E-state index contributed by atoms with van der Waals surface area (Å²) in [5.74, 6) is 0.523. The van der Waals surface area contributed by atoms with Crippen molar-refractivity contribution in [1.29, 1.82) is 0 Å². The normalized spacial score (nSPS) is 11.3. The first-order valence-electron chi connectivity index (χ1n) is 9.32. The lowest BCUT2D eigenvalue weighted by Gasteiger charge is -2.18. The Balaban J connectivity index is 2.03. The van der Waals surface area contributed by atoms with Crippen molar-refractivity contribution in [2.45, 2.75) is 18.7 Å². The van der Waals surface area contributed by atoms with Gasteiger partial charge >= 0.3 is 0 Å². The van der Waals surface area contributed by atoms with Crippen molar-refractivity contribution >= 4 is 38.9 Å². The summed E-state index contributed by atoms with van der Waals surface area (Å²) in [7, 11) is -0.554. The standard InChI is InChI=1S/C20H26ClN3O5S/c1-5-24(6-2)30(26,27)15-9-7-14(8-10-15)22-13-20(25)23-17-11-16(21)18(28-3)12-19(17)29-4/h7-12,22H,5-6,13H2,1-4H3,(H,23,25). The van der Waals surface area contributed by atoms with Gasteiger partial charge in [-0.25, -0.2) is 8.42 Å². The third kappa shape index (κ3) is 5.56.